The minimum absolute atomic E-state index is 0.226. The smallest absolute Gasteiger partial charge is 0.257 e. The van der Waals surface area contributed by atoms with Crippen LogP contribution in [0.25, 0.3) is 0 Å². The van der Waals surface area contributed by atoms with E-state index >= 15 is 0 Å². The maximum atomic E-state index is 12.4. The molecule has 0 aliphatic rings. The number of rotatable bonds is 6. The Bertz CT molecular complexity index is 672. The summed E-state index contributed by atoms with van der Waals surface area (Å²) in [5, 5.41) is 3.17. The van der Waals surface area contributed by atoms with E-state index in [1.165, 1.54) is 0 Å². The van der Waals surface area contributed by atoms with Gasteiger partial charge in [-0.3, -0.25) is 10.1 Å². The fraction of sp³-hybridized carbons (Fsp3) is 0.263. The molecule has 2 rings (SSSR count). The Kier molecular flexibility index (Phi) is 6.75. The summed E-state index contributed by atoms with van der Waals surface area (Å²) in [6, 6.07) is 16.8. The van der Waals surface area contributed by atoms with Crippen molar-refractivity contribution in [2.45, 2.75) is 20.3 Å². The lowest BCUT2D eigenvalue weighted by Gasteiger charge is -2.23. The minimum atomic E-state index is -0.226. The summed E-state index contributed by atoms with van der Waals surface area (Å²) in [5.41, 5.74) is 1.50. The van der Waals surface area contributed by atoms with Gasteiger partial charge in [0.25, 0.3) is 5.91 Å². The molecule has 5 heteroatoms. The summed E-state index contributed by atoms with van der Waals surface area (Å²) in [6.45, 7) is 5.38. The Balaban J connectivity index is 2.01. The number of thiocarbonyl (C=S) groups is 1. The largest absolute Gasteiger partial charge is 0.494 e. The van der Waals surface area contributed by atoms with Crippen molar-refractivity contribution in [2.75, 3.05) is 18.1 Å². The van der Waals surface area contributed by atoms with E-state index in [2.05, 4.69) is 12.2 Å². The minimum Gasteiger partial charge on any atom is -0.494 e. The van der Waals surface area contributed by atoms with Crippen LogP contribution in [0.2, 0.25) is 0 Å². The van der Waals surface area contributed by atoms with Crippen LogP contribution in [0.1, 0.15) is 30.6 Å². The standard InChI is InChI=1S/C19H22N2O2S/c1-3-14-23-17-12-10-15(11-13-17)18(22)20-19(24)21(4-2)16-8-6-5-7-9-16/h5-13H,3-4,14H2,1-2H3,(H,20,22,24). The van der Waals surface area contributed by atoms with Gasteiger partial charge in [-0.15, -0.1) is 0 Å². The first kappa shape index (κ1) is 17.9. The Morgan fingerprint density at radius 3 is 2.33 bits per heavy atom. The zero-order valence-corrected chi connectivity index (χ0v) is 14.8. The number of nitrogens with one attached hydrogen (secondary N) is 1. The molecular weight excluding hydrogens is 320 g/mol. The van der Waals surface area contributed by atoms with E-state index in [1.807, 2.05) is 42.2 Å². The van der Waals surface area contributed by atoms with E-state index in [0.717, 1.165) is 17.9 Å². The fourth-order valence-corrected chi connectivity index (χ4v) is 2.54. The molecule has 0 aliphatic carbocycles. The Labute approximate surface area is 148 Å². The van der Waals surface area contributed by atoms with Gasteiger partial charge in [0.1, 0.15) is 5.75 Å². The van der Waals surface area contributed by atoms with Gasteiger partial charge in [-0.2, -0.15) is 0 Å². The Hall–Kier alpha value is -2.40. The first-order valence-electron chi connectivity index (χ1n) is 8.06. The first-order chi connectivity index (χ1) is 11.7. The van der Waals surface area contributed by atoms with Crippen LogP contribution in [0.4, 0.5) is 5.69 Å². The lowest BCUT2D eigenvalue weighted by molar-refractivity contribution is 0.0977. The summed E-state index contributed by atoms with van der Waals surface area (Å²) in [4.78, 5) is 14.2. The molecule has 126 valence electrons. The topological polar surface area (TPSA) is 41.6 Å². The van der Waals surface area contributed by atoms with Gasteiger partial charge >= 0.3 is 0 Å². The van der Waals surface area contributed by atoms with Gasteiger partial charge in [0.15, 0.2) is 5.11 Å². The molecule has 0 unspecified atom stereocenters. The third kappa shape index (κ3) is 4.80. The zero-order valence-electron chi connectivity index (χ0n) is 14.0. The van der Waals surface area contributed by atoms with Crippen molar-refractivity contribution in [1.29, 1.82) is 0 Å². The molecule has 4 nitrogen and oxygen atoms in total. The van der Waals surface area contributed by atoms with Crippen molar-refractivity contribution in [1.82, 2.24) is 5.32 Å². The molecule has 0 bridgehead atoms. The van der Waals surface area contributed by atoms with Crippen LogP contribution in [0, 0.1) is 0 Å². The first-order valence-corrected chi connectivity index (χ1v) is 8.47. The maximum Gasteiger partial charge on any atom is 0.257 e. The van der Waals surface area contributed by atoms with E-state index < -0.39 is 0 Å². The Morgan fingerprint density at radius 2 is 1.75 bits per heavy atom. The number of ether oxygens (including phenoxy) is 1. The number of hydrogen-bond acceptors (Lipinski definition) is 3. The molecule has 1 amide bonds. The van der Waals surface area contributed by atoms with Crippen LogP contribution in [-0.4, -0.2) is 24.2 Å². The third-order valence-electron chi connectivity index (χ3n) is 3.44. The highest BCUT2D eigenvalue weighted by atomic mass is 32.1. The van der Waals surface area contributed by atoms with Gasteiger partial charge in [-0.05, 0) is 62.0 Å². The van der Waals surface area contributed by atoms with Crippen LogP contribution >= 0.6 is 12.2 Å². The van der Waals surface area contributed by atoms with Crippen LogP contribution in [-0.2, 0) is 0 Å². The average Bonchev–Trinajstić information content (AvgIpc) is 2.62. The summed E-state index contributed by atoms with van der Waals surface area (Å²) < 4.78 is 5.52. The second-order valence-corrected chi connectivity index (χ2v) is 5.60. The summed E-state index contributed by atoms with van der Waals surface area (Å²) in [6.07, 6.45) is 0.947. The molecule has 0 aliphatic heterocycles. The number of benzene rings is 2. The molecule has 0 fully saturated rings. The number of nitrogens with zero attached hydrogens (tertiary/aromatic N) is 1. The molecule has 0 atom stereocenters. The molecule has 0 radical (unpaired) electrons. The molecule has 2 aromatic carbocycles. The van der Waals surface area contributed by atoms with E-state index in [1.54, 1.807) is 24.3 Å². The second kappa shape index (κ2) is 9.03. The predicted octanol–water partition coefficient (Wildman–Crippen LogP) is 4.02. The van der Waals surface area contributed by atoms with E-state index in [-0.39, 0.29) is 5.91 Å². The van der Waals surface area contributed by atoms with Gasteiger partial charge in [0.2, 0.25) is 0 Å². The van der Waals surface area contributed by atoms with Gasteiger partial charge in [-0.25, -0.2) is 0 Å². The number of carbonyl (C=O) groups is 1. The second-order valence-electron chi connectivity index (χ2n) is 5.21. The SMILES string of the molecule is CCCOc1ccc(C(=O)NC(=S)N(CC)c2ccccc2)cc1. The van der Waals surface area contributed by atoms with Crippen molar-refractivity contribution in [2.24, 2.45) is 0 Å². The number of para-hydroxylation sites is 1. The van der Waals surface area contributed by atoms with Crippen LogP contribution in [0.3, 0.4) is 0 Å². The van der Waals surface area contributed by atoms with Crippen molar-refractivity contribution in [3.8, 4) is 5.75 Å². The van der Waals surface area contributed by atoms with Crippen molar-refractivity contribution in [3.05, 3.63) is 60.2 Å². The van der Waals surface area contributed by atoms with E-state index in [4.69, 9.17) is 17.0 Å². The molecule has 2 aromatic rings. The van der Waals surface area contributed by atoms with Crippen molar-refractivity contribution < 1.29 is 9.53 Å². The summed E-state index contributed by atoms with van der Waals surface area (Å²) >= 11 is 5.39. The molecule has 0 aromatic heterocycles. The number of amides is 1. The number of carbonyl (C=O) groups excluding carboxylic acids is 1. The highest BCUT2D eigenvalue weighted by molar-refractivity contribution is 7.80. The summed E-state index contributed by atoms with van der Waals surface area (Å²) in [5.74, 6) is 0.534. The van der Waals surface area contributed by atoms with Crippen molar-refractivity contribution in [3.63, 3.8) is 0 Å². The number of anilines is 1. The number of hydrogen-bond donors (Lipinski definition) is 1. The predicted molar refractivity (Wildman–Crippen MR) is 102 cm³/mol. The zero-order chi connectivity index (χ0) is 17.4. The van der Waals surface area contributed by atoms with Gasteiger partial charge < -0.3 is 9.64 Å². The molecule has 0 spiro atoms. The Morgan fingerprint density at radius 1 is 1.08 bits per heavy atom. The van der Waals surface area contributed by atoms with Gasteiger partial charge in [0.05, 0.1) is 6.61 Å². The molecule has 0 heterocycles. The normalized spacial score (nSPS) is 10.1. The lowest BCUT2D eigenvalue weighted by atomic mass is 10.2. The monoisotopic (exact) mass is 342 g/mol. The highest BCUT2D eigenvalue weighted by Crippen LogP contribution is 2.15. The maximum absolute atomic E-state index is 12.4. The lowest BCUT2D eigenvalue weighted by Crippen LogP contribution is -2.42. The average molecular weight is 342 g/mol. The van der Waals surface area contributed by atoms with Crippen LogP contribution in [0.5, 0.6) is 5.75 Å². The molecule has 24 heavy (non-hydrogen) atoms. The quantitative estimate of drug-likeness (QED) is 0.805. The van der Waals surface area contributed by atoms with Gasteiger partial charge in [-0.1, -0.05) is 25.1 Å². The molecular formula is C19H22N2O2S. The van der Waals surface area contributed by atoms with Crippen molar-refractivity contribution >= 4 is 28.9 Å². The van der Waals surface area contributed by atoms with Crippen LogP contribution < -0.4 is 15.0 Å². The molecule has 0 saturated heterocycles. The third-order valence-corrected chi connectivity index (χ3v) is 3.76. The van der Waals surface area contributed by atoms with Crippen LogP contribution in [0.15, 0.2) is 54.6 Å². The molecule has 1 N–H and O–H groups in total. The van der Waals surface area contributed by atoms with E-state index in [0.29, 0.717) is 23.8 Å². The highest BCUT2D eigenvalue weighted by Gasteiger charge is 2.14. The fourth-order valence-electron chi connectivity index (χ4n) is 2.21. The van der Waals surface area contributed by atoms with Gasteiger partial charge in [0, 0.05) is 17.8 Å². The summed E-state index contributed by atoms with van der Waals surface area (Å²) in [7, 11) is 0. The van der Waals surface area contributed by atoms with E-state index in [9.17, 15) is 4.79 Å². The molecule has 0 saturated carbocycles.